The lowest BCUT2D eigenvalue weighted by Gasteiger charge is -1.85. The predicted octanol–water partition coefficient (Wildman–Crippen LogP) is 2.50. The molecule has 1 aromatic heterocycles. The molecule has 1 N–H and O–H groups in total. The molecular weight excluding hydrogens is 194 g/mol. The third-order valence-electron chi connectivity index (χ3n) is 1.000. The average molecular weight is 199 g/mol. The number of nitrogens with one attached hydrogen (secondary N) is 1. The second kappa shape index (κ2) is 3.46. The number of imidazole rings is 1. The molecule has 0 radical (unpaired) electrons. The van der Waals surface area contributed by atoms with Crippen LogP contribution in [0.3, 0.4) is 0 Å². The summed E-state index contributed by atoms with van der Waals surface area (Å²) in [4.78, 5) is 6.68. The van der Waals surface area contributed by atoms with E-state index >= 15 is 0 Å². The molecule has 56 valence electrons. The van der Waals surface area contributed by atoms with Crippen LogP contribution in [0.1, 0.15) is 5.82 Å². The van der Waals surface area contributed by atoms with Crippen molar-refractivity contribution >= 4 is 34.8 Å². The Balaban J connectivity index is 2.77. The smallest absolute Gasteiger partial charge is 0.166 e. The Kier molecular flexibility index (Phi) is 2.83. The summed E-state index contributed by atoms with van der Waals surface area (Å²) >= 11 is 16.6. The van der Waals surface area contributed by atoms with Gasteiger partial charge in [0.05, 0.1) is 0 Å². The third kappa shape index (κ3) is 1.78. The van der Waals surface area contributed by atoms with Crippen molar-refractivity contribution in [3.8, 4) is 0 Å². The van der Waals surface area contributed by atoms with Crippen molar-refractivity contribution in [2.45, 2.75) is 6.42 Å². The van der Waals surface area contributed by atoms with E-state index in [0.29, 0.717) is 22.6 Å². The van der Waals surface area contributed by atoms with Gasteiger partial charge in [0, 0.05) is 12.3 Å². The van der Waals surface area contributed by atoms with Gasteiger partial charge in [-0.3, -0.25) is 0 Å². The minimum absolute atomic E-state index is 0.307. The van der Waals surface area contributed by atoms with Gasteiger partial charge in [-0.2, -0.15) is 0 Å². The molecule has 5 heteroatoms. The molecule has 0 aliphatic rings. The third-order valence-corrected chi connectivity index (χ3v) is 1.83. The Labute approximate surface area is 73.5 Å². The summed E-state index contributed by atoms with van der Waals surface area (Å²) in [6.45, 7) is 0. The van der Waals surface area contributed by atoms with E-state index in [4.69, 9.17) is 34.8 Å². The lowest BCUT2D eigenvalue weighted by atomic mass is 10.5. The molecule has 0 spiro atoms. The first-order valence-electron chi connectivity index (χ1n) is 2.70. The van der Waals surface area contributed by atoms with Gasteiger partial charge in [-0.05, 0) is 0 Å². The van der Waals surface area contributed by atoms with Crippen molar-refractivity contribution in [1.82, 2.24) is 9.97 Å². The van der Waals surface area contributed by atoms with Gasteiger partial charge < -0.3 is 4.98 Å². The molecule has 10 heavy (non-hydrogen) atoms. The number of halogens is 3. The molecule has 0 aromatic carbocycles. The summed E-state index contributed by atoms with van der Waals surface area (Å²) in [5.74, 6) is 1.24. The second-order valence-electron chi connectivity index (χ2n) is 1.73. The summed E-state index contributed by atoms with van der Waals surface area (Å²) < 4.78 is 0. The van der Waals surface area contributed by atoms with Gasteiger partial charge in [-0.15, -0.1) is 11.6 Å². The van der Waals surface area contributed by atoms with Crippen LogP contribution >= 0.6 is 34.8 Å². The highest BCUT2D eigenvalue weighted by Crippen LogP contribution is 2.17. The fourth-order valence-electron chi connectivity index (χ4n) is 0.582. The van der Waals surface area contributed by atoms with Gasteiger partial charge >= 0.3 is 0 Å². The topological polar surface area (TPSA) is 28.7 Å². The molecule has 0 bridgehead atoms. The molecule has 0 aliphatic carbocycles. The fourth-order valence-corrected chi connectivity index (χ4v) is 1.06. The molecule has 1 heterocycles. The number of hydrogen-bond donors (Lipinski definition) is 1. The lowest BCUT2D eigenvalue weighted by molar-refractivity contribution is 0.996. The molecule has 0 saturated heterocycles. The monoisotopic (exact) mass is 198 g/mol. The number of hydrogen-bond acceptors (Lipinski definition) is 1. The average Bonchev–Trinajstić information content (AvgIpc) is 2.14. The van der Waals surface area contributed by atoms with Crippen LogP contribution in [0.2, 0.25) is 10.3 Å². The Morgan fingerprint density at radius 1 is 1.40 bits per heavy atom. The molecule has 0 fully saturated rings. The van der Waals surface area contributed by atoms with E-state index in [9.17, 15) is 0 Å². The van der Waals surface area contributed by atoms with Crippen molar-refractivity contribution in [3.63, 3.8) is 0 Å². The van der Waals surface area contributed by atoms with Crippen LogP contribution in [0, 0.1) is 0 Å². The lowest BCUT2D eigenvalue weighted by Crippen LogP contribution is -1.87. The van der Waals surface area contributed by atoms with Crippen molar-refractivity contribution in [2.75, 3.05) is 5.88 Å². The fraction of sp³-hybridized carbons (Fsp3) is 0.400. The van der Waals surface area contributed by atoms with E-state index < -0.39 is 0 Å². The molecule has 0 unspecified atom stereocenters. The largest absolute Gasteiger partial charge is 0.332 e. The van der Waals surface area contributed by atoms with Crippen LogP contribution in [0.5, 0.6) is 0 Å². The van der Waals surface area contributed by atoms with E-state index in [-0.39, 0.29) is 0 Å². The number of rotatable bonds is 2. The van der Waals surface area contributed by atoms with Crippen molar-refractivity contribution in [1.29, 1.82) is 0 Å². The van der Waals surface area contributed by atoms with Crippen molar-refractivity contribution in [2.24, 2.45) is 0 Å². The van der Waals surface area contributed by atoms with Crippen LogP contribution < -0.4 is 0 Å². The highest BCUT2D eigenvalue weighted by Gasteiger charge is 2.03. The summed E-state index contributed by atoms with van der Waals surface area (Å²) in [5.41, 5.74) is 0. The Morgan fingerprint density at radius 2 is 2.10 bits per heavy atom. The maximum Gasteiger partial charge on any atom is 0.166 e. The van der Waals surface area contributed by atoms with Gasteiger partial charge in [0.15, 0.2) is 5.15 Å². The minimum atomic E-state index is 0.307. The Morgan fingerprint density at radius 3 is 2.50 bits per heavy atom. The van der Waals surface area contributed by atoms with Gasteiger partial charge in [0.25, 0.3) is 0 Å². The maximum absolute atomic E-state index is 5.57. The molecule has 0 saturated carbocycles. The minimum Gasteiger partial charge on any atom is -0.332 e. The number of aryl methyl sites for hydroxylation is 1. The van der Waals surface area contributed by atoms with Crippen LogP contribution in [0.15, 0.2) is 0 Å². The van der Waals surface area contributed by atoms with E-state index in [1.54, 1.807) is 0 Å². The highest BCUT2D eigenvalue weighted by molar-refractivity contribution is 6.40. The molecule has 0 aliphatic heterocycles. The SMILES string of the molecule is ClCCc1nc(Cl)c(Cl)[nH]1. The van der Waals surface area contributed by atoms with Crippen molar-refractivity contribution in [3.05, 3.63) is 16.1 Å². The molecule has 1 aromatic rings. The van der Waals surface area contributed by atoms with Crippen LogP contribution in [-0.4, -0.2) is 15.8 Å². The number of aromatic nitrogens is 2. The van der Waals surface area contributed by atoms with E-state index in [1.165, 1.54) is 0 Å². The molecule has 0 amide bonds. The van der Waals surface area contributed by atoms with Crippen LogP contribution in [0.25, 0.3) is 0 Å². The molecule has 1 rings (SSSR count). The molecule has 2 nitrogen and oxygen atoms in total. The van der Waals surface area contributed by atoms with Crippen molar-refractivity contribution < 1.29 is 0 Å². The van der Waals surface area contributed by atoms with Gasteiger partial charge in [0.2, 0.25) is 0 Å². The highest BCUT2D eigenvalue weighted by atomic mass is 35.5. The van der Waals surface area contributed by atoms with E-state index in [0.717, 1.165) is 5.82 Å². The Hall–Kier alpha value is 0.0800. The summed E-state index contributed by atoms with van der Waals surface area (Å²) in [6, 6.07) is 0. The normalized spacial score (nSPS) is 10.3. The number of aromatic amines is 1. The van der Waals surface area contributed by atoms with E-state index in [2.05, 4.69) is 9.97 Å². The number of alkyl halides is 1. The maximum atomic E-state index is 5.57. The zero-order valence-electron chi connectivity index (χ0n) is 5.00. The number of nitrogens with zero attached hydrogens (tertiary/aromatic N) is 1. The Bertz CT molecular complexity index is 201. The molecular formula is C5H5Cl3N2. The summed E-state index contributed by atoms with van der Waals surface area (Å²) in [5, 5.41) is 0.684. The first-order chi connectivity index (χ1) is 4.74. The first-order valence-corrected chi connectivity index (χ1v) is 3.99. The van der Waals surface area contributed by atoms with Gasteiger partial charge in [-0.25, -0.2) is 4.98 Å². The number of H-pyrrole nitrogens is 1. The standard InChI is InChI=1S/C5H5Cl3N2/c6-2-1-3-9-4(7)5(8)10-3/h1-2H2,(H,9,10). The quantitative estimate of drug-likeness (QED) is 0.729. The van der Waals surface area contributed by atoms with Gasteiger partial charge in [0.1, 0.15) is 11.0 Å². The van der Waals surface area contributed by atoms with Gasteiger partial charge in [-0.1, -0.05) is 23.2 Å². The zero-order chi connectivity index (χ0) is 7.56. The van der Waals surface area contributed by atoms with E-state index in [1.807, 2.05) is 0 Å². The predicted molar refractivity (Wildman–Crippen MR) is 43.0 cm³/mol. The molecule has 0 atom stereocenters. The van der Waals surface area contributed by atoms with Crippen LogP contribution in [0.4, 0.5) is 0 Å². The zero-order valence-corrected chi connectivity index (χ0v) is 7.26. The second-order valence-corrected chi connectivity index (χ2v) is 2.84. The summed E-state index contributed by atoms with van der Waals surface area (Å²) in [7, 11) is 0. The van der Waals surface area contributed by atoms with Crippen LogP contribution in [-0.2, 0) is 6.42 Å². The summed E-state index contributed by atoms with van der Waals surface area (Å²) in [6.07, 6.45) is 0.661. The first kappa shape index (κ1) is 8.18.